The van der Waals surface area contributed by atoms with Crippen molar-refractivity contribution in [3.05, 3.63) is 34.1 Å². The van der Waals surface area contributed by atoms with Gasteiger partial charge < -0.3 is 5.32 Å². The van der Waals surface area contributed by atoms with Crippen LogP contribution in [0.3, 0.4) is 0 Å². The maximum atomic E-state index is 13.2. The molecule has 98 valence electrons. The Balaban J connectivity index is 1.89. The number of carbonyl (C=O) groups excluding carboxylic acids is 1. The molecule has 1 saturated heterocycles. The molecule has 1 aliphatic rings. The second kappa shape index (κ2) is 6.68. The van der Waals surface area contributed by atoms with Gasteiger partial charge in [-0.15, -0.1) is 0 Å². The minimum atomic E-state index is -0.307. The first-order chi connectivity index (χ1) is 8.63. The van der Waals surface area contributed by atoms with Crippen LogP contribution in [0.2, 0.25) is 0 Å². The van der Waals surface area contributed by atoms with E-state index in [1.54, 1.807) is 6.07 Å². The number of rotatable bonds is 4. The van der Waals surface area contributed by atoms with Gasteiger partial charge in [-0.2, -0.15) is 11.8 Å². The standard InChI is InChI=1S/C13H15BrFNOS/c14-10-3-9(4-11(15)6-10)5-13(17)7-12-8-18-2-1-16-12/h3-4,6,12,16H,1-2,5,7-8H2. The molecular weight excluding hydrogens is 317 g/mol. The van der Waals surface area contributed by atoms with Crippen LogP contribution in [0.5, 0.6) is 0 Å². The maximum Gasteiger partial charge on any atom is 0.138 e. The summed E-state index contributed by atoms with van der Waals surface area (Å²) in [7, 11) is 0. The van der Waals surface area contributed by atoms with Crippen molar-refractivity contribution in [1.29, 1.82) is 0 Å². The summed E-state index contributed by atoms with van der Waals surface area (Å²) in [5, 5.41) is 3.33. The third-order valence-electron chi connectivity index (χ3n) is 2.80. The molecule has 0 spiro atoms. The average molecular weight is 332 g/mol. The topological polar surface area (TPSA) is 29.1 Å². The molecule has 1 aromatic carbocycles. The Hall–Kier alpha value is -0.390. The highest BCUT2D eigenvalue weighted by Gasteiger charge is 2.17. The first-order valence-corrected chi connectivity index (χ1v) is 7.86. The largest absolute Gasteiger partial charge is 0.312 e. The summed E-state index contributed by atoms with van der Waals surface area (Å²) in [5.74, 6) is 1.95. The van der Waals surface area contributed by atoms with Crippen molar-refractivity contribution in [3.8, 4) is 0 Å². The lowest BCUT2D eigenvalue weighted by atomic mass is 10.0. The molecule has 5 heteroatoms. The monoisotopic (exact) mass is 331 g/mol. The number of benzene rings is 1. The highest BCUT2D eigenvalue weighted by atomic mass is 79.9. The Morgan fingerprint density at radius 1 is 1.50 bits per heavy atom. The molecule has 2 rings (SSSR count). The van der Waals surface area contributed by atoms with E-state index in [1.807, 2.05) is 11.8 Å². The molecule has 2 nitrogen and oxygen atoms in total. The number of nitrogens with one attached hydrogen (secondary N) is 1. The van der Waals surface area contributed by atoms with E-state index < -0.39 is 0 Å². The molecule has 1 atom stereocenters. The van der Waals surface area contributed by atoms with Crippen LogP contribution in [-0.4, -0.2) is 29.9 Å². The zero-order valence-electron chi connectivity index (χ0n) is 9.92. The lowest BCUT2D eigenvalue weighted by Crippen LogP contribution is -2.39. The van der Waals surface area contributed by atoms with Gasteiger partial charge in [0.2, 0.25) is 0 Å². The van der Waals surface area contributed by atoms with Crippen molar-refractivity contribution in [3.63, 3.8) is 0 Å². The maximum absolute atomic E-state index is 13.2. The predicted octanol–water partition coefficient (Wildman–Crippen LogP) is 2.79. The lowest BCUT2D eigenvalue weighted by Gasteiger charge is -2.22. The van der Waals surface area contributed by atoms with Crippen LogP contribution in [-0.2, 0) is 11.2 Å². The molecule has 0 aromatic heterocycles. The molecule has 18 heavy (non-hydrogen) atoms. The summed E-state index contributed by atoms with van der Waals surface area (Å²) in [4.78, 5) is 11.9. The first kappa shape index (κ1) is 14.0. The highest BCUT2D eigenvalue weighted by Crippen LogP contribution is 2.17. The summed E-state index contributed by atoms with van der Waals surface area (Å²) in [6.45, 7) is 0.966. The smallest absolute Gasteiger partial charge is 0.138 e. The van der Waals surface area contributed by atoms with E-state index in [4.69, 9.17) is 0 Å². The molecule has 0 amide bonds. The van der Waals surface area contributed by atoms with Crippen LogP contribution in [0, 0.1) is 5.82 Å². The van der Waals surface area contributed by atoms with Crippen LogP contribution < -0.4 is 5.32 Å². The Morgan fingerprint density at radius 2 is 2.33 bits per heavy atom. The number of halogens is 2. The predicted molar refractivity (Wildman–Crippen MR) is 76.5 cm³/mol. The number of hydrogen-bond donors (Lipinski definition) is 1. The van der Waals surface area contributed by atoms with Gasteiger partial charge in [0.25, 0.3) is 0 Å². The fourth-order valence-electron chi connectivity index (χ4n) is 2.04. The van der Waals surface area contributed by atoms with E-state index in [1.165, 1.54) is 12.1 Å². The Labute approximate surface area is 119 Å². The number of thioether (sulfide) groups is 1. The van der Waals surface area contributed by atoms with Gasteiger partial charge >= 0.3 is 0 Å². The van der Waals surface area contributed by atoms with Crippen molar-refractivity contribution in [1.82, 2.24) is 5.32 Å². The molecule has 1 fully saturated rings. The van der Waals surface area contributed by atoms with Crippen molar-refractivity contribution in [2.45, 2.75) is 18.9 Å². The highest BCUT2D eigenvalue weighted by molar-refractivity contribution is 9.10. The zero-order valence-corrected chi connectivity index (χ0v) is 12.3. The average Bonchev–Trinajstić information content (AvgIpc) is 2.28. The van der Waals surface area contributed by atoms with Crippen LogP contribution in [0.25, 0.3) is 0 Å². The van der Waals surface area contributed by atoms with Gasteiger partial charge in [0, 0.05) is 41.4 Å². The third kappa shape index (κ3) is 4.37. The number of Topliss-reactive ketones (excluding diaryl/α,β-unsaturated/α-hetero) is 1. The Bertz CT molecular complexity index is 415. The van der Waals surface area contributed by atoms with Gasteiger partial charge in [-0.25, -0.2) is 4.39 Å². The van der Waals surface area contributed by atoms with Crippen LogP contribution in [0.15, 0.2) is 22.7 Å². The molecular formula is C13H15BrFNOS. The second-order valence-electron chi connectivity index (χ2n) is 4.42. The normalized spacial score (nSPS) is 19.8. The van der Waals surface area contributed by atoms with Gasteiger partial charge in [-0.1, -0.05) is 15.9 Å². The number of carbonyl (C=O) groups is 1. The molecule has 0 aliphatic carbocycles. The van der Waals surface area contributed by atoms with Crippen molar-refractivity contribution in [2.24, 2.45) is 0 Å². The zero-order chi connectivity index (χ0) is 13.0. The second-order valence-corrected chi connectivity index (χ2v) is 6.49. The molecule has 0 radical (unpaired) electrons. The van der Waals surface area contributed by atoms with Crippen LogP contribution in [0.4, 0.5) is 4.39 Å². The van der Waals surface area contributed by atoms with Crippen LogP contribution in [0.1, 0.15) is 12.0 Å². The summed E-state index contributed by atoms with van der Waals surface area (Å²) in [5.41, 5.74) is 0.732. The molecule has 0 saturated carbocycles. The molecule has 1 unspecified atom stereocenters. The van der Waals surface area contributed by atoms with Gasteiger partial charge in [0.15, 0.2) is 0 Å². The molecule has 1 aliphatic heterocycles. The van der Waals surface area contributed by atoms with E-state index in [0.717, 1.165) is 23.6 Å². The van der Waals surface area contributed by atoms with E-state index in [2.05, 4.69) is 21.2 Å². The van der Waals surface area contributed by atoms with E-state index >= 15 is 0 Å². The van der Waals surface area contributed by atoms with Crippen molar-refractivity contribution >= 4 is 33.5 Å². The SMILES string of the molecule is O=C(Cc1cc(F)cc(Br)c1)CC1CSCCN1. The fourth-order valence-corrected chi connectivity index (χ4v) is 3.50. The number of hydrogen-bond acceptors (Lipinski definition) is 3. The van der Waals surface area contributed by atoms with E-state index in [-0.39, 0.29) is 17.6 Å². The Morgan fingerprint density at radius 3 is 3.00 bits per heavy atom. The van der Waals surface area contributed by atoms with Crippen molar-refractivity contribution < 1.29 is 9.18 Å². The minimum Gasteiger partial charge on any atom is -0.312 e. The van der Waals surface area contributed by atoms with Gasteiger partial charge in [-0.05, 0) is 23.8 Å². The first-order valence-electron chi connectivity index (χ1n) is 5.91. The molecule has 0 bridgehead atoms. The van der Waals surface area contributed by atoms with Gasteiger partial charge in [0.1, 0.15) is 11.6 Å². The lowest BCUT2D eigenvalue weighted by molar-refractivity contribution is -0.118. The minimum absolute atomic E-state index is 0.160. The summed E-state index contributed by atoms with van der Waals surface area (Å²) >= 11 is 5.11. The summed E-state index contributed by atoms with van der Waals surface area (Å²) in [6.07, 6.45) is 0.834. The quantitative estimate of drug-likeness (QED) is 0.919. The van der Waals surface area contributed by atoms with Gasteiger partial charge in [-0.3, -0.25) is 4.79 Å². The third-order valence-corrected chi connectivity index (χ3v) is 4.38. The molecule has 1 aromatic rings. The number of ketones is 1. The molecule has 1 heterocycles. The Kier molecular flexibility index (Phi) is 5.21. The summed E-state index contributed by atoms with van der Waals surface area (Å²) in [6, 6.07) is 4.89. The van der Waals surface area contributed by atoms with Gasteiger partial charge in [0.05, 0.1) is 0 Å². The van der Waals surface area contributed by atoms with Crippen LogP contribution >= 0.6 is 27.7 Å². The van der Waals surface area contributed by atoms with E-state index in [9.17, 15) is 9.18 Å². The van der Waals surface area contributed by atoms with Crippen molar-refractivity contribution in [2.75, 3.05) is 18.1 Å². The van der Waals surface area contributed by atoms with E-state index in [0.29, 0.717) is 17.3 Å². The molecule has 1 N–H and O–H groups in total. The summed E-state index contributed by atoms with van der Waals surface area (Å²) < 4.78 is 13.9. The fraction of sp³-hybridized carbons (Fsp3) is 0.462.